The van der Waals surface area contributed by atoms with Crippen molar-refractivity contribution in [1.29, 1.82) is 0 Å². The molecule has 0 fully saturated rings. The molecule has 0 N–H and O–H groups in total. The first kappa shape index (κ1) is 15.7. The number of rotatable bonds is 8. The molecule has 0 amide bonds. The normalized spacial score (nSPS) is 9.85. The molecule has 0 spiro atoms. The van der Waals surface area contributed by atoms with E-state index >= 15 is 0 Å². The Hall–Kier alpha value is -2.37. The summed E-state index contributed by atoms with van der Waals surface area (Å²) in [6.07, 6.45) is 1.11. The molecule has 0 aromatic heterocycles. The standard InChI is InChI=1S/C14H17NO5/c1-3-19-14(16)11(2)5-4-10-20-13-8-6-12(7-9-13)15(17)18/h6-9H,2-5,10H2,1H3. The van der Waals surface area contributed by atoms with Crippen molar-refractivity contribution in [3.8, 4) is 5.75 Å². The second-order valence-corrected chi connectivity index (χ2v) is 4.03. The van der Waals surface area contributed by atoms with Crippen LogP contribution < -0.4 is 4.74 Å². The zero-order chi connectivity index (χ0) is 15.0. The van der Waals surface area contributed by atoms with E-state index in [1.807, 2.05) is 0 Å². The molecule has 0 saturated heterocycles. The van der Waals surface area contributed by atoms with Crippen molar-refractivity contribution in [2.24, 2.45) is 0 Å². The van der Waals surface area contributed by atoms with Gasteiger partial charge in [-0.05, 0) is 31.9 Å². The molecule has 0 aliphatic carbocycles. The van der Waals surface area contributed by atoms with E-state index in [0.29, 0.717) is 37.4 Å². The zero-order valence-electron chi connectivity index (χ0n) is 11.3. The van der Waals surface area contributed by atoms with Gasteiger partial charge in [0.1, 0.15) is 5.75 Å². The van der Waals surface area contributed by atoms with Gasteiger partial charge in [-0.2, -0.15) is 0 Å². The van der Waals surface area contributed by atoms with Crippen molar-refractivity contribution < 1.29 is 19.2 Å². The number of ether oxygens (including phenoxy) is 2. The number of carbonyl (C=O) groups excluding carboxylic acids is 1. The monoisotopic (exact) mass is 279 g/mol. The van der Waals surface area contributed by atoms with E-state index in [1.165, 1.54) is 24.3 Å². The summed E-state index contributed by atoms with van der Waals surface area (Å²) >= 11 is 0. The van der Waals surface area contributed by atoms with Gasteiger partial charge >= 0.3 is 5.97 Å². The van der Waals surface area contributed by atoms with Crippen LogP contribution in [0.5, 0.6) is 5.75 Å². The highest BCUT2D eigenvalue weighted by Crippen LogP contribution is 2.17. The Morgan fingerprint density at radius 1 is 1.35 bits per heavy atom. The van der Waals surface area contributed by atoms with E-state index in [4.69, 9.17) is 9.47 Å². The maximum atomic E-state index is 11.3. The molecule has 6 nitrogen and oxygen atoms in total. The van der Waals surface area contributed by atoms with Crippen LogP contribution in [0.2, 0.25) is 0 Å². The summed E-state index contributed by atoms with van der Waals surface area (Å²) in [5, 5.41) is 10.5. The van der Waals surface area contributed by atoms with Crippen molar-refractivity contribution in [3.63, 3.8) is 0 Å². The van der Waals surface area contributed by atoms with Crippen molar-refractivity contribution in [3.05, 3.63) is 46.5 Å². The number of carbonyl (C=O) groups is 1. The van der Waals surface area contributed by atoms with E-state index in [-0.39, 0.29) is 11.7 Å². The highest BCUT2D eigenvalue weighted by atomic mass is 16.6. The molecule has 1 aromatic carbocycles. The molecule has 0 radical (unpaired) electrons. The molecule has 0 aliphatic rings. The van der Waals surface area contributed by atoms with Gasteiger partial charge in [0.25, 0.3) is 5.69 Å². The second-order valence-electron chi connectivity index (χ2n) is 4.03. The van der Waals surface area contributed by atoms with Crippen molar-refractivity contribution in [2.75, 3.05) is 13.2 Å². The fraction of sp³-hybridized carbons (Fsp3) is 0.357. The van der Waals surface area contributed by atoms with Crippen LogP contribution >= 0.6 is 0 Å². The maximum absolute atomic E-state index is 11.3. The predicted octanol–water partition coefficient (Wildman–Crippen LogP) is 2.87. The largest absolute Gasteiger partial charge is 0.494 e. The van der Waals surface area contributed by atoms with Gasteiger partial charge in [-0.25, -0.2) is 4.79 Å². The van der Waals surface area contributed by atoms with Gasteiger partial charge in [0, 0.05) is 17.7 Å². The number of nitro groups is 1. The first-order valence-corrected chi connectivity index (χ1v) is 6.26. The smallest absolute Gasteiger partial charge is 0.333 e. The number of hydrogen-bond acceptors (Lipinski definition) is 5. The topological polar surface area (TPSA) is 78.7 Å². The summed E-state index contributed by atoms with van der Waals surface area (Å²) in [5.41, 5.74) is 0.437. The van der Waals surface area contributed by atoms with Crippen LogP contribution in [0.3, 0.4) is 0 Å². The average Bonchev–Trinajstić information content (AvgIpc) is 2.44. The molecule has 1 rings (SSSR count). The quantitative estimate of drug-likeness (QED) is 0.240. The highest BCUT2D eigenvalue weighted by Gasteiger charge is 2.07. The van der Waals surface area contributed by atoms with E-state index in [0.717, 1.165) is 0 Å². The Kier molecular flexibility index (Phi) is 6.22. The zero-order valence-corrected chi connectivity index (χ0v) is 11.3. The average molecular weight is 279 g/mol. The van der Waals surface area contributed by atoms with E-state index < -0.39 is 4.92 Å². The third-order valence-electron chi connectivity index (χ3n) is 2.50. The number of esters is 1. The van der Waals surface area contributed by atoms with Crippen LogP contribution in [0, 0.1) is 10.1 Å². The lowest BCUT2D eigenvalue weighted by molar-refractivity contribution is -0.384. The minimum Gasteiger partial charge on any atom is -0.494 e. The maximum Gasteiger partial charge on any atom is 0.333 e. The van der Waals surface area contributed by atoms with Gasteiger partial charge in [0.05, 0.1) is 18.1 Å². The fourth-order valence-corrected chi connectivity index (χ4v) is 1.47. The minimum atomic E-state index is -0.465. The Balaban J connectivity index is 2.29. The van der Waals surface area contributed by atoms with Gasteiger partial charge in [-0.3, -0.25) is 10.1 Å². The molecule has 0 unspecified atom stereocenters. The van der Waals surface area contributed by atoms with Gasteiger partial charge in [-0.1, -0.05) is 6.58 Å². The molecule has 1 aromatic rings. The molecule has 6 heteroatoms. The van der Waals surface area contributed by atoms with Crippen LogP contribution in [0.15, 0.2) is 36.4 Å². The summed E-state index contributed by atoms with van der Waals surface area (Å²) in [7, 11) is 0. The Morgan fingerprint density at radius 3 is 2.55 bits per heavy atom. The van der Waals surface area contributed by atoms with Gasteiger partial charge in [-0.15, -0.1) is 0 Å². The van der Waals surface area contributed by atoms with E-state index in [1.54, 1.807) is 6.92 Å². The Labute approximate surface area is 117 Å². The summed E-state index contributed by atoms with van der Waals surface area (Å²) in [6, 6.07) is 5.84. The molecule has 0 heterocycles. The number of hydrogen-bond donors (Lipinski definition) is 0. The van der Waals surface area contributed by atoms with E-state index in [2.05, 4.69) is 6.58 Å². The van der Waals surface area contributed by atoms with Gasteiger partial charge < -0.3 is 9.47 Å². The Bertz CT molecular complexity index is 481. The van der Waals surface area contributed by atoms with Gasteiger partial charge in [0.15, 0.2) is 0 Å². The lowest BCUT2D eigenvalue weighted by Crippen LogP contribution is -2.08. The minimum absolute atomic E-state index is 0.0213. The summed E-state index contributed by atoms with van der Waals surface area (Å²) in [5.74, 6) is 0.167. The Morgan fingerprint density at radius 2 is 2.00 bits per heavy atom. The number of non-ortho nitro benzene ring substituents is 1. The molecular formula is C14H17NO5. The molecule has 0 atom stereocenters. The first-order valence-electron chi connectivity index (χ1n) is 6.26. The second kappa shape index (κ2) is 7.93. The van der Waals surface area contributed by atoms with E-state index in [9.17, 15) is 14.9 Å². The lowest BCUT2D eigenvalue weighted by Gasteiger charge is -2.07. The highest BCUT2D eigenvalue weighted by molar-refractivity contribution is 5.87. The van der Waals surface area contributed by atoms with Crippen LogP contribution in [0.4, 0.5) is 5.69 Å². The fourth-order valence-electron chi connectivity index (χ4n) is 1.47. The number of benzene rings is 1. The molecule has 20 heavy (non-hydrogen) atoms. The molecule has 108 valence electrons. The van der Waals surface area contributed by atoms with Crippen molar-refractivity contribution in [2.45, 2.75) is 19.8 Å². The SMILES string of the molecule is C=C(CCCOc1ccc([N+](=O)[O-])cc1)C(=O)OCC. The summed E-state index contributed by atoms with van der Waals surface area (Å²) in [6.45, 7) is 6.11. The molecule has 0 aliphatic heterocycles. The van der Waals surface area contributed by atoms with Crippen LogP contribution in [0.25, 0.3) is 0 Å². The lowest BCUT2D eigenvalue weighted by atomic mass is 10.2. The van der Waals surface area contributed by atoms with Crippen LogP contribution in [-0.4, -0.2) is 24.1 Å². The number of nitro benzene ring substituents is 1. The van der Waals surface area contributed by atoms with Gasteiger partial charge in [0.2, 0.25) is 0 Å². The first-order chi connectivity index (χ1) is 9.54. The molecule has 0 bridgehead atoms. The third kappa shape index (κ3) is 5.09. The van der Waals surface area contributed by atoms with Crippen molar-refractivity contribution >= 4 is 11.7 Å². The predicted molar refractivity (Wildman–Crippen MR) is 73.6 cm³/mol. The molecule has 0 saturated carbocycles. The summed E-state index contributed by atoms with van der Waals surface area (Å²) in [4.78, 5) is 21.3. The van der Waals surface area contributed by atoms with Crippen molar-refractivity contribution in [1.82, 2.24) is 0 Å². The number of nitrogens with zero attached hydrogens (tertiary/aromatic N) is 1. The summed E-state index contributed by atoms with van der Waals surface area (Å²) < 4.78 is 10.2. The van der Waals surface area contributed by atoms with Crippen LogP contribution in [-0.2, 0) is 9.53 Å². The third-order valence-corrected chi connectivity index (χ3v) is 2.50. The van der Waals surface area contributed by atoms with Crippen LogP contribution in [0.1, 0.15) is 19.8 Å². The molecular weight excluding hydrogens is 262 g/mol.